The highest BCUT2D eigenvalue weighted by atomic mass is 16.4. The van der Waals surface area contributed by atoms with E-state index in [4.69, 9.17) is 17.2 Å². The first kappa shape index (κ1) is 20.5. The molecule has 0 aliphatic rings. The van der Waals surface area contributed by atoms with Gasteiger partial charge in [-0.2, -0.15) is 0 Å². The van der Waals surface area contributed by atoms with Crippen LogP contribution in [0.25, 0.3) is 0 Å². The van der Waals surface area contributed by atoms with E-state index in [-0.39, 0.29) is 12.3 Å². The van der Waals surface area contributed by atoms with Gasteiger partial charge < -0.3 is 22.3 Å². The number of carboxylic acids is 1. The van der Waals surface area contributed by atoms with Crippen LogP contribution in [0.1, 0.15) is 39.5 Å². The number of imide groups is 1. The molecule has 0 spiro atoms. The predicted octanol–water partition coefficient (Wildman–Crippen LogP) is -0.744. The Labute approximate surface area is 131 Å². The first-order valence-corrected chi connectivity index (χ1v) is 7.50. The first-order chi connectivity index (χ1) is 10.3. The molecule has 0 aromatic heterocycles. The van der Waals surface area contributed by atoms with Gasteiger partial charge in [-0.25, -0.2) is 4.79 Å². The number of hydrogen-bond donors (Lipinski definition) is 4. The second kappa shape index (κ2) is 10.3. The van der Waals surface area contributed by atoms with Crippen LogP contribution in [-0.4, -0.2) is 53.0 Å². The number of nitrogens with two attached hydrogens (primary N) is 3. The van der Waals surface area contributed by atoms with E-state index in [1.165, 1.54) is 0 Å². The summed E-state index contributed by atoms with van der Waals surface area (Å²) in [4.78, 5) is 36.5. The predicted molar refractivity (Wildman–Crippen MR) is 82.7 cm³/mol. The van der Waals surface area contributed by atoms with Crippen LogP contribution >= 0.6 is 0 Å². The summed E-state index contributed by atoms with van der Waals surface area (Å²) in [6.07, 6.45) is 1.84. The minimum Gasteiger partial charge on any atom is -0.480 e. The van der Waals surface area contributed by atoms with Crippen LogP contribution in [0.5, 0.6) is 0 Å². The molecule has 0 heterocycles. The van der Waals surface area contributed by atoms with Crippen molar-refractivity contribution in [3.8, 4) is 0 Å². The van der Waals surface area contributed by atoms with E-state index in [1.54, 1.807) is 0 Å². The fourth-order valence-corrected chi connectivity index (χ4v) is 2.12. The van der Waals surface area contributed by atoms with Crippen LogP contribution in [0.15, 0.2) is 0 Å². The lowest BCUT2D eigenvalue weighted by atomic mass is 10.0. The summed E-state index contributed by atoms with van der Waals surface area (Å²) >= 11 is 0. The highest BCUT2D eigenvalue weighted by Gasteiger charge is 2.36. The standard InChI is InChI=1S/C14H28N4O4/c1-9(2)7-11(14(21)22)18(12(19)8-16)13(20)10(17)5-3-4-6-15/h9-11H,3-8,15-17H2,1-2H3,(H,21,22). The molecule has 2 amide bonds. The van der Waals surface area contributed by atoms with Crippen LogP contribution < -0.4 is 17.2 Å². The molecule has 0 aromatic carbocycles. The fourth-order valence-electron chi connectivity index (χ4n) is 2.12. The van der Waals surface area contributed by atoms with E-state index in [9.17, 15) is 19.5 Å². The molecule has 22 heavy (non-hydrogen) atoms. The molecular weight excluding hydrogens is 288 g/mol. The smallest absolute Gasteiger partial charge is 0.326 e. The molecule has 0 rings (SSSR count). The van der Waals surface area contributed by atoms with Gasteiger partial charge in [0.15, 0.2) is 0 Å². The van der Waals surface area contributed by atoms with Crippen molar-refractivity contribution in [1.29, 1.82) is 0 Å². The molecule has 0 saturated carbocycles. The minimum absolute atomic E-state index is 0.00422. The second-order valence-electron chi connectivity index (χ2n) is 5.68. The number of carbonyl (C=O) groups excluding carboxylic acids is 2. The molecule has 8 nitrogen and oxygen atoms in total. The Morgan fingerprint density at radius 2 is 1.73 bits per heavy atom. The van der Waals surface area contributed by atoms with Crippen molar-refractivity contribution >= 4 is 17.8 Å². The zero-order chi connectivity index (χ0) is 17.3. The number of nitrogens with zero attached hydrogens (tertiary/aromatic N) is 1. The number of carbonyl (C=O) groups is 3. The third-order valence-corrected chi connectivity index (χ3v) is 3.26. The normalized spacial score (nSPS) is 13.7. The van der Waals surface area contributed by atoms with Gasteiger partial charge in [-0.05, 0) is 31.7 Å². The first-order valence-electron chi connectivity index (χ1n) is 7.50. The van der Waals surface area contributed by atoms with E-state index < -0.39 is 36.4 Å². The lowest BCUT2D eigenvalue weighted by Crippen LogP contribution is -2.56. The minimum atomic E-state index is -1.25. The van der Waals surface area contributed by atoms with Gasteiger partial charge in [0.25, 0.3) is 0 Å². The molecule has 0 aliphatic heterocycles. The Kier molecular flexibility index (Phi) is 9.55. The van der Waals surface area contributed by atoms with Gasteiger partial charge in [0.2, 0.25) is 11.8 Å². The Balaban J connectivity index is 5.19. The number of unbranched alkanes of at least 4 members (excludes halogenated alkanes) is 1. The lowest BCUT2D eigenvalue weighted by Gasteiger charge is -2.30. The van der Waals surface area contributed by atoms with Crippen LogP contribution in [0.2, 0.25) is 0 Å². The number of carboxylic acid groups (broad SMARTS) is 1. The molecule has 128 valence electrons. The zero-order valence-electron chi connectivity index (χ0n) is 13.3. The molecule has 7 N–H and O–H groups in total. The van der Waals surface area contributed by atoms with Crippen LogP contribution in [0.4, 0.5) is 0 Å². The largest absolute Gasteiger partial charge is 0.480 e. The third kappa shape index (κ3) is 6.50. The highest BCUT2D eigenvalue weighted by molar-refractivity contribution is 6.01. The molecule has 8 heteroatoms. The quantitative estimate of drug-likeness (QED) is 0.387. The SMILES string of the molecule is CC(C)CC(C(=O)O)N(C(=O)CN)C(=O)C(N)CCCCN. The van der Waals surface area contributed by atoms with E-state index in [1.807, 2.05) is 13.8 Å². The Bertz CT molecular complexity index is 387. The molecule has 0 radical (unpaired) electrons. The van der Waals surface area contributed by atoms with E-state index in [2.05, 4.69) is 0 Å². The Morgan fingerprint density at radius 3 is 2.14 bits per heavy atom. The van der Waals surface area contributed by atoms with Crippen molar-refractivity contribution < 1.29 is 19.5 Å². The van der Waals surface area contributed by atoms with Gasteiger partial charge in [0.1, 0.15) is 6.04 Å². The van der Waals surface area contributed by atoms with Crippen molar-refractivity contribution in [3.05, 3.63) is 0 Å². The maximum Gasteiger partial charge on any atom is 0.326 e. The average molecular weight is 316 g/mol. The van der Waals surface area contributed by atoms with Crippen LogP contribution in [0, 0.1) is 5.92 Å². The molecule has 0 bridgehead atoms. The highest BCUT2D eigenvalue weighted by Crippen LogP contribution is 2.15. The van der Waals surface area contributed by atoms with E-state index in [0.29, 0.717) is 25.8 Å². The van der Waals surface area contributed by atoms with Gasteiger partial charge in [0, 0.05) is 0 Å². The van der Waals surface area contributed by atoms with Crippen LogP contribution in [0.3, 0.4) is 0 Å². The molecule has 0 aromatic rings. The number of rotatable bonds is 10. The van der Waals surface area contributed by atoms with Crippen molar-refractivity contribution in [3.63, 3.8) is 0 Å². The maximum absolute atomic E-state index is 12.4. The molecule has 0 fully saturated rings. The monoisotopic (exact) mass is 316 g/mol. The molecule has 0 aliphatic carbocycles. The summed E-state index contributed by atoms with van der Waals surface area (Å²) in [6.45, 7) is 3.67. The van der Waals surface area contributed by atoms with Gasteiger partial charge in [-0.15, -0.1) is 0 Å². The summed E-state index contributed by atoms with van der Waals surface area (Å²) in [7, 11) is 0. The second-order valence-corrected chi connectivity index (χ2v) is 5.68. The third-order valence-electron chi connectivity index (χ3n) is 3.26. The zero-order valence-corrected chi connectivity index (χ0v) is 13.3. The van der Waals surface area contributed by atoms with Gasteiger partial charge in [-0.1, -0.05) is 20.3 Å². The van der Waals surface area contributed by atoms with Gasteiger partial charge in [0.05, 0.1) is 12.6 Å². The Morgan fingerprint density at radius 1 is 1.14 bits per heavy atom. The summed E-state index contributed by atoms with van der Waals surface area (Å²) in [5.41, 5.74) is 16.5. The maximum atomic E-state index is 12.4. The summed E-state index contributed by atoms with van der Waals surface area (Å²) < 4.78 is 0. The van der Waals surface area contributed by atoms with Crippen molar-refractivity contribution in [2.75, 3.05) is 13.1 Å². The van der Waals surface area contributed by atoms with Crippen molar-refractivity contribution in [2.45, 2.75) is 51.6 Å². The van der Waals surface area contributed by atoms with Gasteiger partial charge >= 0.3 is 5.97 Å². The molecule has 0 saturated heterocycles. The summed E-state index contributed by atoms with van der Waals surface area (Å²) in [6, 6.07) is -2.18. The lowest BCUT2D eigenvalue weighted by molar-refractivity contribution is -0.158. The van der Waals surface area contributed by atoms with Crippen molar-refractivity contribution in [2.24, 2.45) is 23.1 Å². The number of hydrogen-bond acceptors (Lipinski definition) is 6. The van der Waals surface area contributed by atoms with E-state index >= 15 is 0 Å². The summed E-state index contributed by atoms with van der Waals surface area (Å²) in [5, 5.41) is 9.34. The number of aliphatic carboxylic acids is 1. The van der Waals surface area contributed by atoms with E-state index in [0.717, 1.165) is 4.90 Å². The van der Waals surface area contributed by atoms with Crippen molar-refractivity contribution in [1.82, 2.24) is 4.90 Å². The number of amides is 2. The topological polar surface area (TPSA) is 153 Å². The average Bonchev–Trinajstić information content (AvgIpc) is 2.45. The van der Waals surface area contributed by atoms with Crippen LogP contribution in [-0.2, 0) is 14.4 Å². The van der Waals surface area contributed by atoms with Gasteiger partial charge in [-0.3, -0.25) is 14.5 Å². The molecule has 2 unspecified atom stereocenters. The Hall–Kier alpha value is -1.51. The molecular formula is C14H28N4O4. The molecule has 2 atom stereocenters. The summed E-state index contributed by atoms with van der Waals surface area (Å²) in [5.74, 6) is -2.67. The fraction of sp³-hybridized carbons (Fsp3) is 0.786.